The number of carbonyl (C=O) groups excluding carboxylic acids is 1. The summed E-state index contributed by atoms with van der Waals surface area (Å²) in [5.74, 6) is -0.222. The van der Waals surface area contributed by atoms with Crippen LogP contribution in [-0.4, -0.2) is 21.9 Å². The summed E-state index contributed by atoms with van der Waals surface area (Å²) in [5, 5.41) is 14.4. The minimum atomic E-state index is -0.355. The van der Waals surface area contributed by atoms with Gasteiger partial charge in [0.25, 0.3) is 0 Å². The van der Waals surface area contributed by atoms with Crippen LogP contribution >= 0.6 is 23.1 Å². The van der Waals surface area contributed by atoms with Gasteiger partial charge in [0, 0.05) is 5.69 Å². The van der Waals surface area contributed by atoms with Crippen LogP contribution < -0.4 is 10.6 Å². The molecule has 0 bridgehead atoms. The van der Waals surface area contributed by atoms with Gasteiger partial charge in [0.15, 0.2) is 4.34 Å². The Bertz CT molecular complexity index is 945. The molecule has 0 unspecified atom stereocenters. The van der Waals surface area contributed by atoms with E-state index in [1.165, 1.54) is 29.2 Å². The van der Waals surface area contributed by atoms with Crippen molar-refractivity contribution in [3.63, 3.8) is 0 Å². The van der Waals surface area contributed by atoms with E-state index in [1.54, 1.807) is 18.2 Å². The van der Waals surface area contributed by atoms with E-state index in [-0.39, 0.29) is 17.5 Å². The number of hydrogen-bond donors (Lipinski definition) is 2. The second-order valence-electron chi connectivity index (χ2n) is 5.78. The molecule has 0 aliphatic heterocycles. The third-order valence-electron chi connectivity index (χ3n) is 3.85. The van der Waals surface area contributed by atoms with Crippen LogP contribution in [0.3, 0.4) is 0 Å². The lowest BCUT2D eigenvalue weighted by Gasteiger charge is -2.12. The number of aromatic nitrogens is 2. The molecule has 0 aliphatic rings. The number of thioether (sulfide) groups is 1. The molecule has 8 heteroatoms. The number of benzene rings is 2. The van der Waals surface area contributed by atoms with Crippen molar-refractivity contribution in [3.8, 4) is 0 Å². The normalized spacial score (nSPS) is 10.6. The van der Waals surface area contributed by atoms with Crippen LogP contribution in [0.5, 0.6) is 0 Å². The molecule has 0 fully saturated rings. The molecule has 2 N–H and O–H groups in total. The number of carbonyl (C=O) groups is 1. The third-order valence-corrected chi connectivity index (χ3v) is 5.83. The number of hydrogen-bond acceptors (Lipinski definition) is 6. The third kappa shape index (κ3) is 5.05. The van der Waals surface area contributed by atoms with E-state index in [0.717, 1.165) is 23.2 Å². The lowest BCUT2D eigenvalue weighted by molar-refractivity contribution is -0.113. The maximum Gasteiger partial charge on any atom is 0.234 e. The summed E-state index contributed by atoms with van der Waals surface area (Å²) in [7, 11) is 0. The Balaban J connectivity index is 1.57. The summed E-state index contributed by atoms with van der Waals surface area (Å²) in [4.78, 5) is 12.3. The van der Waals surface area contributed by atoms with Crippen molar-refractivity contribution in [1.29, 1.82) is 0 Å². The first-order chi connectivity index (χ1) is 13.1. The van der Waals surface area contributed by atoms with Crippen LogP contribution in [0.25, 0.3) is 0 Å². The van der Waals surface area contributed by atoms with Crippen LogP contribution in [0.1, 0.15) is 18.1 Å². The van der Waals surface area contributed by atoms with Gasteiger partial charge < -0.3 is 10.6 Å². The molecular formula is C19H19FN4OS2. The van der Waals surface area contributed by atoms with E-state index < -0.39 is 0 Å². The van der Waals surface area contributed by atoms with Crippen molar-refractivity contribution < 1.29 is 9.18 Å². The van der Waals surface area contributed by atoms with Gasteiger partial charge in [-0.05, 0) is 36.6 Å². The lowest BCUT2D eigenvalue weighted by atomic mass is 10.1. The molecule has 1 amide bonds. The van der Waals surface area contributed by atoms with Crippen molar-refractivity contribution in [2.75, 3.05) is 16.4 Å². The number of rotatable bonds is 7. The van der Waals surface area contributed by atoms with Gasteiger partial charge in [-0.3, -0.25) is 4.79 Å². The van der Waals surface area contributed by atoms with E-state index >= 15 is 0 Å². The summed E-state index contributed by atoms with van der Waals surface area (Å²) < 4.78 is 14.3. The summed E-state index contributed by atoms with van der Waals surface area (Å²) in [6.07, 6.45) is 0.853. The second-order valence-corrected chi connectivity index (χ2v) is 7.98. The molecule has 0 aliphatic carbocycles. The zero-order chi connectivity index (χ0) is 19.2. The second kappa shape index (κ2) is 8.96. The Morgan fingerprint density at radius 1 is 1.19 bits per heavy atom. The summed E-state index contributed by atoms with van der Waals surface area (Å²) in [5.41, 5.74) is 3.37. The van der Waals surface area contributed by atoms with E-state index in [4.69, 9.17) is 0 Å². The monoisotopic (exact) mass is 402 g/mol. The first-order valence-corrected chi connectivity index (χ1v) is 10.2. The van der Waals surface area contributed by atoms with Crippen LogP contribution in [0.4, 0.5) is 20.9 Å². The number of anilines is 3. The van der Waals surface area contributed by atoms with Gasteiger partial charge in [-0.2, -0.15) is 0 Å². The fourth-order valence-electron chi connectivity index (χ4n) is 2.50. The fraction of sp³-hybridized carbons (Fsp3) is 0.211. The smallest absolute Gasteiger partial charge is 0.234 e. The lowest BCUT2D eigenvalue weighted by Crippen LogP contribution is -2.16. The topological polar surface area (TPSA) is 66.9 Å². The average Bonchev–Trinajstić information content (AvgIpc) is 3.11. The Kier molecular flexibility index (Phi) is 6.41. The summed E-state index contributed by atoms with van der Waals surface area (Å²) in [6, 6.07) is 12.4. The highest BCUT2D eigenvalue weighted by atomic mass is 32.2. The van der Waals surface area contributed by atoms with Crippen molar-refractivity contribution >= 4 is 45.5 Å². The van der Waals surface area contributed by atoms with Crippen LogP contribution in [-0.2, 0) is 11.2 Å². The molecule has 140 valence electrons. The Labute approximate surface area is 165 Å². The van der Waals surface area contributed by atoms with Crippen LogP contribution in [0.2, 0.25) is 0 Å². The van der Waals surface area contributed by atoms with E-state index in [1.807, 2.05) is 25.1 Å². The highest BCUT2D eigenvalue weighted by molar-refractivity contribution is 8.01. The molecule has 0 saturated carbocycles. The zero-order valence-electron chi connectivity index (χ0n) is 15.0. The van der Waals surface area contributed by atoms with Crippen LogP contribution in [0.15, 0.2) is 46.8 Å². The maximum absolute atomic E-state index is 13.7. The highest BCUT2D eigenvalue weighted by Crippen LogP contribution is 2.29. The fourth-order valence-corrected chi connectivity index (χ4v) is 4.07. The number of nitrogens with zero attached hydrogens (tertiary/aromatic N) is 2. The Hall–Kier alpha value is -2.45. The van der Waals surface area contributed by atoms with Gasteiger partial charge in [0.1, 0.15) is 5.82 Å². The number of nitrogens with one attached hydrogen (secondary N) is 2. The van der Waals surface area contributed by atoms with E-state index in [9.17, 15) is 9.18 Å². The number of halogens is 1. The molecule has 3 aromatic rings. The molecule has 0 spiro atoms. The maximum atomic E-state index is 13.7. The van der Waals surface area contributed by atoms with Gasteiger partial charge in [-0.25, -0.2) is 4.39 Å². The van der Waals surface area contributed by atoms with Crippen molar-refractivity contribution in [3.05, 3.63) is 59.4 Å². The quantitative estimate of drug-likeness (QED) is 0.543. The molecule has 2 aromatic carbocycles. The predicted octanol–water partition coefficient (Wildman–Crippen LogP) is 5.02. The minimum absolute atomic E-state index is 0.0946. The molecule has 1 aromatic heterocycles. The number of aryl methyl sites for hydroxylation is 2. The predicted molar refractivity (Wildman–Crippen MR) is 110 cm³/mol. The molecule has 3 rings (SSSR count). The van der Waals surface area contributed by atoms with Gasteiger partial charge in [-0.15, -0.1) is 10.2 Å². The summed E-state index contributed by atoms with van der Waals surface area (Å²) in [6.45, 7) is 4.04. The van der Waals surface area contributed by atoms with Crippen LogP contribution in [0, 0.1) is 12.7 Å². The molecule has 0 radical (unpaired) electrons. The first-order valence-electron chi connectivity index (χ1n) is 8.43. The van der Waals surface area contributed by atoms with Crippen molar-refractivity contribution in [1.82, 2.24) is 10.2 Å². The molecule has 0 atom stereocenters. The van der Waals surface area contributed by atoms with Gasteiger partial charge >= 0.3 is 0 Å². The van der Waals surface area contributed by atoms with Crippen molar-refractivity contribution in [2.45, 2.75) is 24.6 Å². The standard InChI is InChI=1S/C19H19FN4OS2/c1-3-13-8-6-7-12(2)17(13)22-16(25)11-26-19-24-23-18(27-19)21-15-10-5-4-9-14(15)20/h4-10H,3,11H2,1-2H3,(H,21,23)(H,22,25). The molecule has 1 heterocycles. The average molecular weight is 403 g/mol. The SMILES string of the molecule is CCc1cccc(C)c1NC(=O)CSc1nnc(Nc2ccccc2F)s1. The summed E-state index contributed by atoms with van der Waals surface area (Å²) >= 11 is 2.58. The Morgan fingerprint density at radius 3 is 2.78 bits per heavy atom. The molecule has 27 heavy (non-hydrogen) atoms. The molecule has 5 nitrogen and oxygen atoms in total. The number of amides is 1. The first kappa shape index (κ1) is 19.3. The highest BCUT2D eigenvalue weighted by Gasteiger charge is 2.12. The van der Waals surface area contributed by atoms with Crippen molar-refractivity contribution in [2.24, 2.45) is 0 Å². The largest absolute Gasteiger partial charge is 0.328 e. The minimum Gasteiger partial charge on any atom is -0.328 e. The van der Waals surface area contributed by atoms with Gasteiger partial charge in [-0.1, -0.05) is 60.4 Å². The number of para-hydroxylation sites is 2. The van der Waals surface area contributed by atoms with E-state index in [0.29, 0.717) is 15.2 Å². The zero-order valence-corrected chi connectivity index (χ0v) is 16.6. The molecule has 0 saturated heterocycles. The van der Waals surface area contributed by atoms with Gasteiger partial charge in [0.2, 0.25) is 11.0 Å². The van der Waals surface area contributed by atoms with E-state index in [2.05, 4.69) is 27.8 Å². The van der Waals surface area contributed by atoms with Gasteiger partial charge in [0.05, 0.1) is 11.4 Å². The molecular weight excluding hydrogens is 383 g/mol. The Morgan fingerprint density at radius 2 is 2.00 bits per heavy atom.